The summed E-state index contributed by atoms with van der Waals surface area (Å²) in [6.07, 6.45) is 9.59. The molecule has 2 heteroatoms. The molecule has 0 unspecified atom stereocenters. The fourth-order valence-electron chi connectivity index (χ4n) is 2.53. The third kappa shape index (κ3) is 2.71. The van der Waals surface area contributed by atoms with Gasteiger partial charge in [-0.3, -0.25) is 0 Å². The van der Waals surface area contributed by atoms with Crippen LogP contribution in [0, 0.1) is 11.3 Å². The van der Waals surface area contributed by atoms with Gasteiger partial charge >= 0.3 is 0 Å². The summed E-state index contributed by atoms with van der Waals surface area (Å²) in [6, 6.07) is 0. The van der Waals surface area contributed by atoms with Crippen molar-refractivity contribution in [2.75, 3.05) is 19.7 Å². The van der Waals surface area contributed by atoms with Gasteiger partial charge in [-0.2, -0.15) is 0 Å². The molecule has 0 spiro atoms. The fraction of sp³-hybridized carbons (Fsp3) is 1.00. The Hall–Kier alpha value is -0.0800. The molecule has 0 atom stereocenters. The molecule has 2 fully saturated rings. The van der Waals surface area contributed by atoms with Crippen molar-refractivity contribution in [3.63, 3.8) is 0 Å². The average Bonchev–Trinajstić information content (AvgIpc) is 2.81. The fourth-order valence-corrected chi connectivity index (χ4v) is 2.53. The maximum Gasteiger partial charge on any atom is 0.0499 e. The zero-order chi connectivity index (χ0) is 9.86. The highest BCUT2D eigenvalue weighted by molar-refractivity contribution is 4.94. The minimum Gasteiger partial charge on any atom is -0.396 e. The van der Waals surface area contributed by atoms with Gasteiger partial charge in [0.1, 0.15) is 0 Å². The van der Waals surface area contributed by atoms with Crippen LogP contribution in [0.15, 0.2) is 0 Å². The highest BCUT2D eigenvalue weighted by Gasteiger charge is 2.41. The SMILES string of the molecule is OCC1(CNCCC2CCCC2)CC1. The zero-order valence-corrected chi connectivity index (χ0v) is 9.10. The van der Waals surface area contributed by atoms with Crippen LogP contribution in [0.25, 0.3) is 0 Å². The molecule has 0 radical (unpaired) electrons. The van der Waals surface area contributed by atoms with Crippen LogP contribution in [0.1, 0.15) is 44.9 Å². The molecule has 0 bridgehead atoms. The third-order valence-corrected chi connectivity index (χ3v) is 4.00. The Morgan fingerprint density at radius 1 is 1.21 bits per heavy atom. The molecule has 2 N–H and O–H groups in total. The maximum absolute atomic E-state index is 9.13. The second-order valence-corrected chi connectivity index (χ2v) is 5.27. The lowest BCUT2D eigenvalue weighted by Gasteiger charge is -2.14. The van der Waals surface area contributed by atoms with Gasteiger partial charge in [0.05, 0.1) is 0 Å². The molecule has 0 aromatic heterocycles. The molecule has 0 aliphatic heterocycles. The first-order valence-electron chi connectivity index (χ1n) is 6.16. The maximum atomic E-state index is 9.13. The van der Waals surface area contributed by atoms with Gasteiger partial charge in [0, 0.05) is 18.6 Å². The van der Waals surface area contributed by atoms with Crippen LogP contribution in [0.2, 0.25) is 0 Å². The quantitative estimate of drug-likeness (QED) is 0.638. The topological polar surface area (TPSA) is 32.3 Å². The largest absolute Gasteiger partial charge is 0.396 e. The van der Waals surface area contributed by atoms with E-state index < -0.39 is 0 Å². The number of aliphatic hydroxyl groups excluding tert-OH is 1. The van der Waals surface area contributed by atoms with E-state index in [9.17, 15) is 0 Å². The lowest BCUT2D eigenvalue weighted by molar-refractivity contribution is 0.207. The van der Waals surface area contributed by atoms with Crippen molar-refractivity contribution in [2.45, 2.75) is 44.9 Å². The van der Waals surface area contributed by atoms with Crippen LogP contribution in [0.3, 0.4) is 0 Å². The number of hydrogen-bond donors (Lipinski definition) is 2. The van der Waals surface area contributed by atoms with Crippen LogP contribution < -0.4 is 5.32 Å². The molecule has 0 heterocycles. The molecule has 2 rings (SSSR count). The smallest absolute Gasteiger partial charge is 0.0499 e. The Morgan fingerprint density at radius 3 is 2.50 bits per heavy atom. The summed E-state index contributed by atoms with van der Waals surface area (Å²) in [7, 11) is 0. The predicted molar refractivity (Wildman–Crippen MR) is 58.2 cm³/mol. The van der Waals surface area contributed by atoms with E-state index in [1.165, 1.54) is 44.9 Å². The normalized spacial score (nSPS) is 25.5. The van der Waals surface area contributed by atoms with Crippen molar-refractivity contribution in [3.8, 4) is 0 Å². The Balaban J connectivity index is 1.50. The first-order chi connectivity index (χ1) is 6.85. The molecular weight excluding hydrogens is 174 g/mol. The number of hydrogen-bond acceptors (Lipinski definition) is 2. The Kier molecular flexibility index (Phi) is 3.45. The summed E-state index contributed by atoms with van der Waals surface area (Å²) in [5.74, 6) is 0.992. The molecule has 14 heavy (non-hydrogen) atoms. The number of nitrogens with one attached hydrogen (secondary N) is 1. The summed E-state index contributed by atoms with van der Waals surface area (Å²) >= 11 is 0. The van der Waals surface area contributed by atoms with Gasteiger partial charge in [-0.25, -0.2) is 0 Å². The average molecular weight is 197 g/mol. The Morgan fingerprint density at radius 2 is 1.93 bits per heavy atom. The predicted octanol–water partition coefficient (Wildman–Crippen LogP) is 1.93. The van der Waals surface area contributed by atoms with E-state index in [1.807, 2.05) is 0 Å². The van der Waals surface area contributed by atoms with Crippen LogP contribution in [-0.2, 0) is 0 Å². The second-order valence-electron chi connectivity index (χ2n) is 5.27. The Bertz CT molecular complexity index is 171. The van der Waals surface area contributed by atoms with E-state index >= 15 is 0 Å². The highest BCUT2D eigenvalue weighted by Crippen LogP contribution is 2.44. The van der Waals surface area contributed by atoms with Gasteiger partial charge in [0.2, 0.25) is 0 Å². The van der Waals surface area contributed by atoms with Crippen LogP contribution in [0.5, 0.6) is 0 Å². The molecule has 2 aliphatic rings. The summed E-state index contributed by atoms with van der Waals surface area (Å²) in [5.41, 5.74) is 0.287. The molecule has 2 nitrogen and oxygen atoms in total. The molecule has 0 aromatic carbocycles. The molecule has 2 aliphatic carbocycles. The number of rotatable bonds is 6. The summed E-state index contributed by atoms with van der Waals surface area (Å²) < 4.78 is 0. The van der Waals surface area contributed by atoms with Gasteiger partial charge in [0.25, 0.3) is 0 Å². The van der Waals surface area contributed by atoms with E-state index in [1.54, 1.807) is 0 Å². The van der Waals surface area contributed by atoms with Gasteiger partial charge in [-0.1, -0.05) is 25.7 Å². The second kappa shape index (κ2) is 4.63. The zero-order valence-electron chi connectivity index (χ0n) is 9.10. The van der Waals surface area contributed by atoms with Crippen molar-refractivity contribution in [1.82, 2.24) is 5.32 Å². The molecule has 2 saturated carbocycles. The highest BCUT2D eigenvalue weighted by atomic mass is 16.3. The van der Waals surface area contributed by atoms with E-state index in [2.05, 4.69) is 5.32 Å². The van der Waals surface area contributed by atoms with E-state index in [4.69, 9.17) is 5.11 Å². The first kappa shape index (κ1) is 10.4. The standard InChI is InChI=1S/C12H23NO/c14-10-12(6-7-12)9-13-8-5-11-3-1-2-4-11/h11,13-14H,1-10H2. The molecule has 0 aromatic rings. The lowest BCUT2D eigenvalue weighted by atomic mass is 10.0. The van der Waals surface area contributed by atoms with Crippen molar-refractivity contribution < 1.29 is 5.11 Å². The number of aliphatic hydroxyl groups is 1. The van der Waals surface area contributed by atoms with Crippen LogP contribution >= 0.6 is 0 Å². The first-order valence-corrected chi connectivity index (χ1v) is 6.16. The van der Waals surface area contributed by atoms with Crippen molar-refractivity contribution in [2.24, 2.45) is 11.3 Å². The van der Waals surface area contributed by atoms with Crippen molar-refractivity contribution >= 4 is 0 Å². The lowest BCUT2D eigenvalue weighted by Crippen LogP contribution is -2.28. The summed E-state index contributed by atoms with van der Waals surface area (Å²) in [6.45, 7) is 2.58. The van der Waals surface area contributed by atoms with Crippen molar-refractivity contribution in [1.29, 1.82) is 0 Å². The minimum atomic E-state index is 0.287. The Labute approximate surface area is 87.1 Å². The van der Waals surface area contributed by atoms with E-state index in [0.29, 0.717) is 6.61 Å². The van der Waals surface area contributed by atoms with Crippen LogP contribution in [-0.4, -0.2) is 24.8 Å². The minimum absolute atomic E-state index is 0.287. The monoisotopic (exact) mass is 197 g/mol. The summed E-state index contributed by atoms with van der Waals surface area (Å²) in [5, 5.41) is 12.6. The van der Waals surface area contributed by atoms with Gasteiger partial charge in [0.15, 0.2) is 0 Å². The molecule has 0 amide bonds. The van der Waals surface area contributed by atoms with E-state index in [0.717, 1.165) is 19.0 Å². The summed E-state index contributed by atoms with van der Waals surface area (Å²) in [4.78, 5) is 0. The van der Waals surface area contributed by atoms with Gasteiger partial charge < -0.3 is 10.4 Å². The molecular formula is C12H23NO. The third-order valence-electron chi connectivity index (χ3n) is 4.00. The van der Waals surface area contributed by atoms with Gasteiger partial charge in [-0.15, -0.1) is 0 Å². The molecule has 0 saturated heterocycles. The van der Waals surface area contributed by atoms with Crippen molar-refractivity contribution in [3.05, 3.63) is 0 Å². The van der Waals surface area contributed by atoms with Crippen LogP contribution in [0.4, 0.5) is 0 Å². The van der Waals surface area contributed by atoms with E-state index in [-0.39, 0.29) is 5.41 Å². The van der Waals surface area contributed by atoms with Gasteiger partial charge in [-0.05, 0) is 31.7 Å². The molecule has 82 valence electrons.